The quantitative estimate of drug-likeness (QED) is 0.717. The zero-order valence-electron chi connectivity index (χ0n) is 7.68. The van der Waals surface area contributed by atoms with E-state index in [0.717, 1.165) is 18.7 Å². The third-order valence-electron chi connectivity index (χ3n) is 3.16. The van der Waals surface area contributed by atoms with E-state index >= 15 is 0 Å². The molecule has 3 nitrogen and oxygen atoms in total. The van der Waals surface area contributed by atoms with Crippen molar-refractivity contribution in [1.82, 2.24) is 5.16 Å². The maximum atomic E-state index is 5.33. The van der Waals surface area contributed by atoms with Crippen LogP contribution in [-0.2, 0) is 6.42 Å². The largest absolute Gasteiger partial charge is 0.381 e. The topological polar surface area (TPSA) is 38.1 Å². The van der Waals surface area contributed by atoms with E-state index in [0.29, 0.717) is 5.92 Å². The van der Waals surface area contributed by atoms with Gasteiger partial charge in [-0.25, -0.2) is 0 Å². The third kappa shape index (κ3) is 1.06. The van der Waals surface area contributed by atoms with Crippen molar-refractivity contribution in [3.05, 3.63) is 11.5 Å². The SMILES string of the molecule is C1CNc2c(C3CCC3)noc2C1. The lowest BCUT2D eigenvalue weighted by Crippen LogP contribution is -2.15. The van der Waals surface area contributed by atoms with E-state index in [1.54, 1.807) is 0 Å². The molecule has 13 heavy (non-hydrogen) atoms. The van der Waals surface area contributed by atoms with E-state index in [-0.39, 0.29) is 0 Å². The molecule has 70 valence electrons. The van der Waals surface area contributed by atoms with Crippen LogP contribution in [0.3, 0.4) is 0 Å². The molecule has 1 aliphatic heterocycles. The Balaban J connectivity index is 1.95. The van der Waals surface area contributed by atoms with Gasteiger partial charge in [0.1, 0.15) is 11.4 Å². The van der Waals surface area contributed by atoms with Crippen molar-refractivity contribution in [2.45, 2.75) is 38.0 Å². The summed E-state index contributed by atoms with van der Waals surface area (Å²) in [6.45, 7) is 1.08. The first-order valence-corrected chi connectivity index (χ1v) is 5.17. The number of rotatable bonds is 1. The second-order valence-corrected chi connectivity index (χ2v) is 4.02. The molecule has 0 radical (unpaired) electrons. The van der Waals surface area contributed by atoms with Crippen LogP contribution in [0.1, 0.15) is 43.1 Å². The summed E-state index contributed by atoms with van der Waals surface area (Å²) in [6, 6.07) is 0. The molecule has 0 atom stereocenters. The Kier molecular flexibility index (Phi) is 1.57. The lowest BCUT2D eigenvalue weighted by molar-refractivity contribution is 0.346. The number of hydrogen-bond acceptors (Lipinski definition) is 3. The molecule has 1 N–H and O–H groups in total. The van der Waals surface area contributed by atoms with E-state index in [1.807, 2.05) is 0 Å². The summed E-state index contributed by atoms with van der Waals surface area (Å²) < 4.78 is 5.33. The first-order chi connectivity index (χ1) is 6.45. The fourth-order valence-electron chi connectivity index (χ4n) is 2.12. The summed E-state index contributed by atoms with van der Waals surface area (Å²) in [4.78, 5) is 0. The van der Waals surface area contributed by atoms with Crippen LogP contribution in [0.15, 0.2) is 4.52 Å². The average Bonchev–Trinajstić information content (AvgIpc) is 2.47. The van der Waals surface area contributed by atoms with Gasteiger partial charge in [-0.1, -0.05) is 11.6 Å². The van der Waals surface area contributed by atoms with Crippen LogP contribution in [0.2, 0.25) is 0 Å². The first-order valence-electron chi connectivity index (χ1n) is 5.17. The van der Waals surface area contributed by atoms with Crippen LogP contribution in [0, 0.1) is 0 Å². The number of nitrogens with zero attached hydrogens (tertiary/aromatic N) is 1. The molecular weight excluding hydrogens is 164 g/mol. The molecule has 0 saturated heterocycles. The summed E-state index contributed by atoms with van der Waals surface area (Å²) in [6.07, 6.45) is 6.17. The summed E-state index contributed by atoms with van der Waals surface area (Å²) in [7, 11) is 0. The number of fused-ring (bicyclic) bond motifs is 1. The molecule has 3 rings (SSSR count). The number of anilines is 1. The fraction of sp³-hybridized carbons (Fsp3) is 0.700. The van der Waals surface area contributed by atoms with Crippen LogP contribution in [-0.4, -0.2) is 11.7 Å². The van der Waals surface area contributed by atoms with Crippen LogP contribution >= 0.6 is 0 Å². The van der Waals surface area contributed by atoms with Gasteiger partial charge in [0.15, 0.2) is 5.76 Å². The predicted molar refractivity (Wildman–Crippen MR) is 49.9 cm³/mol. The fourth-order valence-corrected chi connectivity index (χ4v) is 2.12. The number of aromatic nitrogens is 1. The van der Waals surface area contributed by atoms with Gasteiger partial charge in [-0.2, -0.15) is 0 Å². The molecule has 3 heteroatoms. The normalized spacial score (nSPS) is 21.8. The third-order valence-corrected chi connectivity index (χ3v) is 3.16. The second-order valence-electron chi connectivity index (χ2n) is 4.02. The highest BCUT2D eigenvalue weighted by atomic mass is 16.5. The average molecular weight is 178 g/mol. The molecule has 1 fully saturated rings. The number of nitrogens with one attached hydrogen (secondary N) is 1. The summed E-state index contributed by atoms with van der Waals surface area (Å²) in [5.41, 5.74) is 2.41. The maximum absolute atomic E-state index is 5.33. The van der Waals surface area contributed by atoms with E-state index < -0.39 is 0 Å². The second kappa shape index (κ2) is 2.76. The molecule has 1 aliphatic carbocycles. The van der Waals surface area contributed by atoms with E-state index in [2.05, 4.69) is 10.5 Å². The Labute approximate surface area is 77.5 Å². The Bertz CT molecular complexity index is 315. The Morgan fingerprint density at radius 1 is 1.31 bits per heavy atom. The van der Waals surface area contributed by atoms with Gasteiger partial charge < -0.3 is 9.84 Å². The molecule has 2 aliphatic rings. The summed E-state index contributed by atoms with van der Waals surface area (Å²) >= 11 is 0. The Hall–Kier alpha value is -0.990. The highest BCUT2D eigenvalue weighted by Crippen LogP contribution is 2.41. The monoisotopic (exact) mass is 178 g/mol. The molecule has 0 spiro atoms. The van der Waals surface area contributed by atoms with Gasteiger partial charge in [-0.3, -0.25) is 0 Å². The zero-order valence-corrected chi connectivity index (χ0v) is 7.68. The van der Waals surface area contributed by atoms with Crippen molar-refractivity contribution >= 4 is 5.69 Å². The Morgan fingerprint density at radius 3 is 3.00 bits per heavy atom. The lowest BCUT2D eigenvalue weighted by atomic mass is 9.82. The number of hydrogen-bond donors (Lipinski definition) is 1. The molecule has 0 amide bonds. The molecule has 0 unspecified atom stereocenters. The number of aryl methyl sites for hydroxylation is 1. The van der Waals surface area contributed by atoms with Crippen LogP contribution < -0.4 is 5.32 Å². The molecule has 1 aromatic heterocycles. The van der Waals surface area contributed by atoms with Gasteiger partial charge in [0.2, 0.25) is 0 Å². The Morgan fingerprint density at radius 2 is 2.23 bits per heavy atom. The smallest absolute Gasteiger partial charge is 0.160 e. The lowest BCUT2D eigenvalue weighted by Gasteiger charge is -2.24. The highest BCUT2D eigenvalue weighted by molar-refractivity contribution is 5.54. The molecule has 0 bridgehead atoms. The van der Waals surface area contributed by atoms with Crippen LogP contribution in [0.5, 0.6) is 0 Å². The predicted octanol–water partition coefficient (Wildman–Crippen LogP) is 2.30. The van der Waals surface area contributed by atoms with E-state index in [9.17, 15) is 0 Å². The van der Waals surface area contributed by atoms with E-state index in [1.165, 1.54) is 37.1 Å². The summed E-state index contributed by atoms with van der Waals surface area (Å²) in [5.74, 6) is 1.76. The van der Waals surface area contributed by atoms with Crippen molar-refractivity contribution in [3.63, 3.8) is 0 Å². The van der Waals surface area contributed by atoms with Crippen molar-refractivity contribution in [2.75, 3.05) is 11.9 Å². The van der Waals surface area contributed by atoms with Crippen molar-refractivity contribution in [1.29, 1.82) is 0 Å². The van der Waals surface area contributed by atoms with Gasteiger partial charge in [-0.15, -0.1) is 0 Å². The minimum absolute atomic E-state index is 0.679. The molecule has 0 aromatic carbocycles. The van der Waals surface area contributed by atoms with Crippen molar-refractivity contribution in [2.24, 2.45) is 0 Å². The standard InChI is InChI=1S/C10H14N2O/c1-3-7(4-1)9-10-8(13-12-9)5-2-6-11-10/h7,11H,1-6H2. The first kappa shape index (κ1) is 7.42. The summed E-state index contributed by atoms with van der Waals surface area (Å²) in [5, 5.41) is 7.59. The van der Waals surface area contributed by atoms with Gasteiger partial charge >= 0.3 is 0 Å². The van der Waals surface area contributed by atoms with Crippen molar-refractivity contribution in [3.8, 4) is 0 Å². The molecule has 1 aromatic rings. The molecule has 2 heterocycles. The highest BCUT2D eigenvalue weighted by Gasteiger charge is 2.28. The van der Waals surface area contributed by atoms with Crippen molar-refractivity contribution < 1.29 is 4.52 Å². The zero-order chi connectivity index (χ0) is 8.67. The van der Waals surface area contributed by atoms with Gasteiger partial charge in [0, 0.05) is 18.9 Å². The van der Waals surface area contributed by atoms with Crippen LogP contribution in [0.25, 0.3) is 0 Å². The maximum Gasteiger partial charge on any atom is 0.160 e. The van der Waals surface area contributed by atoms with Gasteiger partial charge in [0.25, 0.3) is 0 Å². The van der Waals surface area contributed by atoms with Crippen LogP contribution in [0.4, 0.5) is 5.69 Å². The van der Waals surface area contributed by atoms with Gasteiger partial charge in [0.05, 0.1) is 0 Å². The minimum Gasteiger partial charge on any atom is -0.381 e. The molecule has 1 saturated carbocycles. The van der Waals surface area contributed by atoms with Gasteiger partial charge in [-0.05, 0) is 19.3 Å². The molecular formula is C10H14N2O. The minimum atomic E-state index is 0.679. The van der Waals surface area contributed by atoms with E-state index in [4.69, 9.17) is 4.52 Å².